The first kappa shape index (κ1) is 11.6. The molecule has 0 amide bonds. The first-order valence-corrected chi connectivity index (χ1v) is 5.81. The fraction of sp³-hybridized carbons (Fsp3) is 0.0769. The van der Waals surface area contributed by atoms with Crippen molar-refractivity contribution in [3.05, 3.63) is 40.5 Å². The lowest BCUT2D eigenvalue weighted by molar-refractivity contribution is 0.173. The summed E-state index contributed by atoms with van der Waals surface area (Å²) in [5.41, 5.74) is 6.92. The molecule has 0 unspecified atom stereocenters. The van der Waals surface area contributed by atoms with E-state index in [0.29, 0.717) is 17.1 Å². The Kier molecular flexibility index (Phi) is 2.86. The summed E-state index contributed by atoms with van der Waals surface area (Å²) in [7, 11) is 0. The van der Waals surface area contributed by atoms with Crippen molar-refractivity contribution in [1.82, 2.24) is 10.2 Å². The lowest BCUT2D eigenvalue weighted by Gasteiger charge is -1.98. The van der Waals surface area contributed by atoms with Crippen molar-refractivity contribution in [2.45, 2.75) is 0 Å². The molecule has 0 atom stereocenters. The van der Waals surface area contributed by atoms with Crippen LogP contribution >= 0.6 is 11.6 Å². The van der Waals surface area contributed by atoms with Crippen LogP contribution in [0.25, 0.3) is 0 Å². The molecule has 1 aliphatic heterocycles. The van der Waals surface area contributed by atoms with Gasteiger partial charge in [-0.15, -0.1) is 10.2 Å². The van der Waals surface area contributed by atoms with Gasteiger partial charge in [0.1, 0.15) is 0 Å². The lowest BCUT2D eigenvalue weighted by Crippen LogP contribution is -1.97. The SMILES string of the molecule is Nc1nnc(Cl)cc1C#Cc1cccc2c1OCO2. The standard InChI is InChI=1S/C13H8ClN3O2/c14-11-6-9(13(15)17-16-11)5-4-8-2-1-3-10-12(8)19-7-18-10/h1-3,6H,7H2,(H2,15,17). The first-order chi connectivity index (χ1) is 9.24. The van der Waals surface area contributed by atoms with Gasteiger partial charge in [-0.1, -0.05) is 29.5 Å². The molecule has 0 saturated heterocycles. The van der Waals surface area contributed by atoms with Crippen molar-refractivity contribution in [2.24, 2.45) is 0 Å². The smallest absolute Gasteiger partial charge is 0.231 e. The number of aromatic nitrogens is 2. The van der Waals surface area contributed by atoms with Crippen molar-refractivity contribution < 1.29 is 9.47 Å². The van der Waals surface area contributed by atoms with Crippen LogP contribution in [0.5, 0.6) is 11.5 Å². The monoisotopic (exact) mass is 273 g/mol. The minimum atomic E-state index is 0.207. The zero-order chi connectivity index (χ0) is 13.2. The Labute approximate surface area is 114 Å². The van der Waals surface area contributed by atoms with Crippen LogP contribution in [0.1, 0.15) is 11.1 Å². The maximum Gasteiger partial charge on any atom is 0.231 e. The Hall–Kier alpha value is -2.45. The number of benzene rings is 1. The van der Waals surface area contributed by atoms with Gasteiger partial charge in [0.15, 0.2) is 22.5 Å². The number of hydrogen-bond acceptors (Lipinski definition) is 5. The normalized spacial score (nSPS) is 11.8. The molecule has 0 spiro atoms. The third kappa shape index (κ3) is 2.26. The average Bonchev–Trinajstić information content (AvgIpc) is 2.88. The molecule has 0 fully saturated rings. The van der Waals surface area contributed by atoms with Gasteiger partial charge < -0.3 is 15.2 Å². The van der Waals surface area contributed by atoms with E-state index < -0.39 is 0 Å². The molecule has 0 aliphatic carbocycles. The van der Waals surface area contributed by atoms with Crippen LogP contribution in [0.2, 0.25) is 5.15 Å². The minimum absolute atomic E-state index is 0.207. The van der Waals surface area contributed by atoms with Crippen LogP contribution in [0.4, 0.5) is 5.82 Å². The number of nitrogen functional groups attached to an aromatic ring is 1. The van der Waals surface area contributed by atoms with E-state index in [1.807, 2.05) is 18.2 Å². The van der Waals surface area contributed by atoms with Gasteiger partial charge in [0.25, 0.3) is 0 Å². The number of hydrogen-bond donors (Lipinski definition) is 1. The predicted molar refractivity (Wildman–Crippen MR) is 70.0 cm³/mol. The van der Waals surface area contributed by atoms with Crippen LogP contribution < -0.4 is 15.2 Å². The topological polar surface area (TPSA) is 70.3 Å². The molecule has 1 aliphatic rings. The van der Waals surface area contributed by atoms with Gasteiger partial charge in [-0.3, -0.25) is 0 Å². The summed E-state index contributed by atoms with van der Waals surface area (Å²) in [5, 5.41) is 7.58. The van der Waals surface area contributed by atoms with E-state index in [1.165, 1.54) is 0 Å². The molecule has 6 heteroatoms. The second kappa shape index (κ2) is 4.67. The van der Waals surface area contributed by atoms with Gasteiger partial charge in [-0.2, -0.15) is 0 Å². The maximum atomic E-state index is 5.75. The molecule has 2 heterocycles. The van der Waals surface area contributed by atoms with Crippen molar-refractivity contribution in [1.29, 1.82) is 0 Å². The van der Waals surface area contributed by atoms with Crippen molar-refractivity contribution >= 4 is 17.4 Å². The Balaban J connectivity index is 2.01. The summed E-state index contributed by atoms with van der Waals surface area (Å²) in [5.74, 6) is 7.43. The summed E-state index contributed by atoms with van der Waals surface area (Å²) in [6.45, 7) is 0.207. The molecular weight excluding hydrogens is 266 g/mol. The van der Waals surface area contributed by atoms with Crippen LogP contribution in [-0.2, 0) is 0 Å². The molecule has 0 saturated carbocycles. The second-order valence-corrected chi connectivity index (χ2v) is 4.14. The number of fused-ring (bicyclic) bond motifs is 1. The highest BCUT2D eigenvalue weighted by Gasteiger charge is 2.15. The van der Waals surface area contributed by atoms with Crippen LogP contribution in [0.15, 0.2) is 24.3 Å². The van der Waals surface area contributed by atoms with E-state index in [0.717, 1.165) is 5.56 Å². The van der Waals surface area contributed by atoms with Gasteiger partial charge in [0, 0.05) is 0 Å². The maximum absolute atomic E-state index is 5.75. The zero-order valence-corrected chi connectivity index (χ0v) is 10.4. The Morgan fingerprint density at radius 1 is 1.16 bits per heavy atom. The molecule has 19 heavy (non-hydrogen) atoms. The lowest BCUT2D eigenvalue weighted by atomic mass is 10.1. The first-order valence-electron chi connectivity index (χ1n) is 5.43. The Bertz CT molecular complexity index is 707. The molecule has 2 N–H and O–H groups in total. The minimum Gasteiger partial charge on any atom is -0.454 e. The van der Waals surface area contributed by atoms with Gasteiger partial charge in [0.2, 0.25) is 6.79 Å². The highest BCUT2D eigenvalue weighted by atomic mass is 35.5. The van der Waals surface area contributed by atoms with E-state index in [2.05, 4.69) is 22.0 Å². The van der Waals surface area contributed by atoms with E-state index in [4.69, 9.17) is 26.8 Å². The number of para-hydroxylation sites is 1. The third-order valence-electron chi connectivity index (χ3n) is 2.52. The molecule has 0 radical (unpaired) electrons. The van der Waals surface area contributed by atoms with Crippen LogP contribution in [0.3, 0.4) is 0 Å². The van der Waals surface area contributed by atoms with Crippen molar-refractivity contribution in [3.63, 3.8) is 0 Å². The number of ether oxygens (including phenoxy) is 2. The fourth-order valence-electron chi connectivity index (χ4n) is 1.64. The van der Waals surface area contributed by atoms with E-state index in [1.54, 1.807) is 6.07 Å². The van der Waals surface area contributed by atoms with E-state index in [9.17, 15) is 0 Å². The molecule has 94 valence electrons. The summed E-state index contributed by atoms with van der Waals surface area (Å²) < 4.78 is 10.6. The quantitative estimate of drug-likeness (QED) is 0.742. The third-order valence-corrected chi connectivity index (χ3v) is 2.71. The Morgan fingerprint density at radius 2 is 2.00 bits per heavy atom. The van der Waals surface area contributed by atoms with Crippen molar-refractivity contribution in [3.8, 4) is 23.3 Å². The number of rotatable bonds is 0. The average molecular weight is 274 g/mol. The van der Waals surface area contributed by atoms with E-state index in [-0.39, 0.29) is 17.8 Å². The second-order valence-electron chi connectivity index (χ2n) is 3.76. The summed E-state index contributed by atoms with van der Waals surface area (Å²) in [4.78, 5) is 0. The van der Waals surface area contributed by atoms with Crippen molar-refractivity contribution in [2.75, 3.05) is 12.5 Å². The number of halogens is 1. The number of nitrogens with two attached hydrogens (primary N) is 1. The van der Waals surface area contributed by atoms with E-state index >= 15 is 0 Å². The largest absolute Gasteiger partial charge is 0.454 e. The van der Waals surface area contributed by atoms with Crippen LogP contribution in [0, 0.1) is 11.8 Å². The number of nitrogens with zero attached hydrogens (tertiary/aromatic N) is 2. The molecule has 0 bridgehead atoms. The predicted octanol–water partition coefficient (Wildman–Crippen LogP) is 1.84. The molecule has 5 nitrogen and oxygen atoms in total. The van der Waals surface area contributed by atoms with Gasteiger partial charge in [-0.05, 0) is 18.2 Å². The molecular formula is C13H8ClN3O2. The van der Waals surface area contributed by atoms with Gasteiger partial charge in [-0.25, -0.2) is 0 Å². The summed E-state index contributed by atoms with van der Waals surface area (Å²) >= 11 is 5.75. The molecule has 1 aromatic carbocycles. The summed E-state index contributed by atoms with van der Waals surface area (Å²) in [6, 6.07) is 7.08. The molecule has 3 rings (SSSR count). The molecule has 2 aromatic rings. The number of anilines is 1. The Morgan fingerprint density at radius 3 is 2.89 bits per heavy atom. The molecule has 1 aromatic heterocycles. The highest BCUT2D eigenvalue weighted by Crippen LogP contribution is 2.34. The summed E-state index contributed by atoms with van der Waals surface area (Å²) in [6.07, 6.45) is 0. The fourth-order valence-corrected chi connectivity index (χ4v) is 1.79. The van der Waals surface area contributed by atoms with Gasteiger partial charge in [0.05, 0.1) is 11.1 Å². The highest BCUT2D eigenvalue weighted by molar-refractivity contribution is 6.29. The zero-order valence-electron chi connectivity index (χ0n) is 9.68. The van der Waals surface area contributed by atoms with Crippen LogP contribution in [-0.4, -0.2) is 17.0 Å². The van der Waals surface area contributed by atoms with Gasteiger partial charge >= 0.3 is 0 Å².